The molecular formula is C33H28N2Pt. The zero-order chi connectivity index (χ0) is 23.5. The number of fused-ring (bicyclic) bond motifs is 1. The normalized spacial score (nSPS) is 13.9. The molecule has 2 heterocycles. The fraction of sp³-hybridized carbons (Fsp3) is 0.212. The van der Waals surface area contributed by atoms with Crippen LogP contribution in [0.5, 0.6) is 0 Å². The van der Waals surface area contributed by atoms with Crippen LogP contribution in [-0.2, 0) is 27.5 Å². The first kappa shape index (κ1) is 24.6. The van der Waals surface area contributed by atoms with Crippen LogP contribution in [-0.4, -0.2) is 9.97 Å². The first-order chi connectivity index (χ1) is 17.3. The van der Waals surface area contributed by atoms with Crippen LogP contribution in [0.15, 0.2) is 91.3 Å². The SMILES string of the molecule is [Pt+2].[c-]1c(Cc2cccc3cccnc23)cccc1-c1[c-]c(-c2ccccn2)cc(C2CCCCC2)c1. The average molecular weight is 648 g/mol. The molecule has 3 heteroatoms. The zero-order valence-corrected chi connectivity index (χ0v) is 22.5. The number of benzene rings is 3. The summed E-state index contributed by atoms with van der Waals surface area (Å²) in [4.78, 5) is 9.26. The summed E-state index contributed by atoms with van der Waals surface area (Å²) in [6.07, 6.45) is 11.1. The molecule has 0 bridgehead atoms. The van der Waals surface area contributed by atoms with E-state index in [1.165, 1.54) is 48.6 Å². The van der Waals surface area contributed by atoms with Crippen LogP contribution < -0.4 is 0 Å². The number of hydrogen-bond acceptors (Lipinski definition) is 2. The second kappa shape index (κ2) is 11.3. The molecule has 6 rings (SSSR count). The third kappa shape index (κ3) is 5.35. The third-order valence-electron chi connectivity index (χ3n) is 7.15. The monoisotopic (exact) mass is 647 g/mol. The maximum absolute atomic E-state index is 4.64. The molecule has 0 atom stereocenters. The number of hydrogen-bond donors (Lipinski definition) is 0. The second-order valence-corrected chi connectivity index (χ2v) is 9.55. The molecule has 180 valence electrons. The van der Waals surface area contributed by atoms with Crippen LogP contribution in [0.25, 0.3) is 33.3 Å². The molecule has 0 spiro atoms. The summed E-state index contributed by atoms with van der Waals surface area (Å²) in [5, 5.41) is 1.18. The third-order valence-corrected chi connectivity index (χ3v) is 7.15. The molecule has 3 aromatic carbocycles. The quantitative estimate of drug-likeness (QED) is 0.180. The van der Waals surface area contributed by atoms with E-state index in [-0.39, 0.29) is 21.1 Å². The summed E-state index contributed by atoms with van der Waals surface area (Å²) >= 11 is 0. The number of pyridine rings is 2. The van der Waals surface area contributed by atoms with Crippen molar-refractivity contribution >= 4 is 10.9 Å². The molecule has 0 saturated heterocycles. The Morgan fingerprint density at radius 3 is 2.36 bits per heavy atom. The van der Waals surface area contributed by atoms with E-state index < -0.39 is 0 Å². The Hall–Kier alpha value is -3.09. The van der Waals surface area contributed by atoms with Crippen LogP contribution in [0.1, 0.15) is 54.7 Å². The minimum atomic E-state index is 0. The van der Waals surface area contributed by atoms with Crippen molar-refractivity contribution in [1.29, 1.82) is 0 Å². The van der Waals surface area contributed by atoms with Crippen molar-refractivity contribution in [1.82, 2.24) is 9.97 Å². The van der Waals surface area contributed by atoms with E-state index in [0.717, 1.165) is 39.9 Å². The van der Waals surface area contributed by atoms with E-state index in [1.807, 2.05) is 30.6 Å². The van der Waals surface area contributed by atoms with Gasteiger partial charge < -0.3 is 0 Å². The van der Waals surface area contributed by atoms with Gasteiger partial charge in [0.25, 0.3) is 0 Å². The Morgan fingerprint density at radius 1 is 0.694 bits per heavy atom. The fourth-order valence-electron chi connectivity index (χ4n) is 5.36. The van der Waals surface area contributed by atoms with Crippen LogP contribution in [0.2, 0.25) is 0 Å². The van der Waals surface area contributed by atoms with Gasteiger partial charge in [0.1, 0.15) is 0 Å². The van der Waals surface area contributed by atoms with Gasteiger partial charge in [-0.15, -0.1) is 28.8 Å². The van der Waals surface area contributed by atoms with Gasteiger partial charge in [0.15, 0.2) is 0 Å². The Labute approximate surface area is 228 Å². The number of nitrogens with zero attached hydrogens (tertiary/aromatic N) is 2. The molecule has 36 heavy (non-hydrogen) atoms. The van der Waals surface area contributed by atoms with Gasteiger partial charge in [0.05, 0.1) is 5.52 Å². The first-order valence-electron chi connectivity index (χ1n) is 12.7. The summed E-state index contributed by atoms with van der Waals surface area (Å²) in [7, 11) is 0. The van der Waals surface area contributed by atoms with E-state index in [9.17, 15) is 0 Å². The Morgan fingerprint density at radius 2 is 1.50 bits per heavy atom. The molecule has 2 aromatic heterocycles. The van der Waals surface area contributed by atoms with Gasteiger partial charge in [-0.25, -0.2) is 5.56 Å². The number of rotatable bonds is 5. The van der Waals surface area contributed by atoms with E-state index in [4.69, 9.17) is 0 Å². The molecule has 1 fully saturated rings. The fourth-order valence-corrected chi connectivity index (χ4v) is 5.36. The summed E-state index contributed by atoms with van der Waals surface area (Å²) in [5.74, 6) is 0.615. The van der Waals surface area contributed by atoms with Gasteiger partial charge in [0, 0.05) is 23.5 Å². The standard InChI is InChI=1S/C33H28N2.Pt/c1-2-10-25(11-3-1)29-21-30(23-31(22-29)32-16-4-5-17-34-32)27-13-6-9-24(19-27)20-28-14-7-12-26-15-8-18-35-33(26)28;/h4-9,12-18,21-22,25H,1-3,10-11,20H2;/q-2;+2. The Kier molecular flexibility index (Phi) is 7.73. The number of aromatic nitrogens is 2. The molecule has 0 unspecified atom stereocenters. The number of para-hydroxylation sites is 1. The summed E-state index contributed by atoms with van der Waals surface area (Å²) < 4.78 is 0. The summed E-state index contributed by atoms with van der Waals surface area (Å²) in [6, 6.07) is 35.1. The molecule has 0 amide bonds. The van der Waals surface area contributed by atoms with Crippen molar-refractivity contribution < 1.29 is 21.1 Å². The largest absolute Gasteiger partial charge is 2.00 e. The molecule has 0 N–H and O–H groups in total. The minimum Gasteiger partial charge on any atom is -0.295 e. The van der Waals surface area contributed by atoms with Crippen LogP contribution >= 0.6 is 0 Å². The average Bonchev–Trinajstić information content (AvgIpc) is 2.94. The first-order valence-corrected chi connectivity index (χ1v) is 12.7. The molecular weight excluding hydrogens is 619 g/mol. The predicted octanol–water partition coefficient (Wildman–Crippen LogP) is 8.20. The topological polar surface area (TPSA) is 25.8 Å². The smallest absolute Gasteiger partial charge is 0.295 e. The Bertz CT molecular complexity index is 1450. The summed E-state index contributed by atoms with van der Waals surface area (Å²) in [5.41, 5.74) is 9.11. The van der Waals surface area contributed by atoms with E-state index >= 15 is 0 Å². The van der Waals surface area contributed by atoms with Gasteiger partial charge in [-0.2, -0.15) is 35.9 Å². The van der Waals surface area contributed by atoms with Crippen LogP contribution in [0.4, 0.5) is 0 Å². The van der Waals surface area contributed by atoms with Crippen molar-refractivity contribution in [3.8, 4) is 22.4 Å². The van der Waals surface area contributed by atoms with Crippen molar-refractivity contribution in [2.75, 3.05) is 0 Å². The molecule has 1 saturated carbocycles. The van der Waals surface area contributed by atoms with Crippen molar-refractivity contribution in [3.05, 3.63) is 120 Å². The molecule has 0 aliphatic heterocycles. The molecule has 0 radical (unpaired) electrons. The molecule has 5 aromatic rings. The van der Waals surface area contributed by atoms with Crippen molar-refractivity contribution in [3.63, 3.8) is 0 Å². The second-order valence-electron chi connectivity index (χ2n) is 9.55. The molecule has 1 aliphatic rings. The van der Waals surface area contributed by atoms with Gasteiger partial charge in [-0.3, -0.25) is 9.97 Å². The molecule has 1 aliphatic carbocycles. The van der Waals surface area contributed by atoms with Gasteiger partial charge in [-0.1, -0.05) is 55.7 Å². The van der Waals surface area contributed by atoms with Crippen molar-refractivity contribution in [2.45, 2.75) is 44.4 Å². The van der Waals surface area contributed by atoms with Gasteiger partial charge in [0.2, 0.25) is 0 Å². The minimum absolute atomic E-state index is 0. The van der Waals surface area contributed by atoms with E-state index in [1.54, 1.807) is 0 Å². The molecule has 2 nitrogen and oxygen atoms in total. The maximum Gasteiger partial charge on any atom is 2.00 e. The van der Waals surface area contributed by atoms with Gasteiger partial charge >= 0.3 is 21.1 Å². The predicted molar refractivity (Wildman–Crippen MR) is 143 cm³/mol. The Balaban J connectivity index is 0.00000267. The van der Waals surface area contributed by atoms with E-state index in [2.05, 4.69) is 82.8 Å². The summed E-state index contributed by atoms with van der Waals surface area (Å²) in [6.45, 7) is 0. The van der Waals surface area contributed by atoms with Gasteiger partial charge in [-0.05, 0) is 42.9 Å². The van der Waals surface area contributed by atoms with Crippen molar-refractivity contribution in [2.24, 2.45) is 0 Å². The maximum atomic E-state index is 4.64. The van der Waals surface area contributed by atoms with Crippen LogP contribution in [0, 0.1) is 12.1 Å². The zero-order valence-electron chi connectivity index (χ0n) is 20.2. The van der Waals surface area contributed by atoms with Crippen LogP contribution in [0.3, 0.4) is 0 Å². The van der Waals surface area contributed by atoms with E-state index in [0.29, 0.717) is 5.92 Å².